The van der Waals surface area contributed by atoms with Crippen molar-refractivity contribution >= 4 is 6.16 Å². The summed E-state index contributed by atoms with van der Waals surface area (Å²) in [6.07, 6.45) is 1.91. The number of hydrogen-bond acceptors (Lipinski definition) is 4. The molecule has 1 rings (SSSR count). The Morgan fingerprint density at radius 2 is 2.27 bits per heavy atom. The van der Waals surface area contributed by atoms with Gasteiger partial charge in [-0.05, 0) is 19.3 Å². The van der Waals surface area contributed by atoms with E-state index in [9.17, 15) is 4.79 Å². The third-order valence-electron chi connectivity index (χ3n) is 1.85. The fourth-order valence-corrected chi connectivity index (χ4v) is 1.26. The van der Waals surface area contributed by atoms with Crippen molar-refractivity contribution in [2.75, 3.05) is 7.11 Å². The fraction of sp³-hybridized carbons (Fsp3) is 0.857. The van der Waals surface area contributed by atoms with Gasteiger partial charge < -0.3 is 15.2 Å². The molecule has 0 radical (unpaired) electrons. The van der Waals surface area contributed by atoms with E-state index in [0.717, 1.165) is 19.3 Å². The van der Waals surface area contributed by atoms with Crippen molar-refractivity contribution in [3.63, 3.8) is 0 Å². The quantitative estimate of drug-likeness (QED) is 0.570. The highest BCUT2D eigenvalue weighted by Gasteiger charge is 2.24. The highest BCUT2D eigenvalue weighted by atomic mass is 16.7. The molecule has 0 amide bonds. The molecule has 4 heteroatoms. The maximum atomic E-state index is 10.6. The Balaban J connectivity index is 2.23. The third-order valence-corrected chi connectivity index (χ3v) is 1.85. The standard InChI is InChI=1S/C7H13NO3/c1-10-7(9)11-6-3-2-5(8)4-6/h5-6H,2-4,8H2,1H3. The Bertz CT molecular complexity index is 149. The minimum atomic E-state index is -0.607. The number of rotatable bonds is 1. The smallest absolute Gasteiger partial charge is 0.438 e. The van der Waals surface area contributed by atoms with Crippen LogP contribution in [0.25, 0.3) is 0 Å². The number of hydrogen-bond donors (Lipinski definition) is 1. The predicted octanol–water partition coefficient (Wildman–Crippen LogP) is 0.649. The van der Waals surface area contributed by atoms with Crippen LogP contribution in [0.4, 0.5) is 4.79 Å². The van der Waals surface area contributed by atoms with E-state index < -0.39 is 6.16 Å². The first-order chi connectivity index (χ1) is 5.22. The van der Waals surface area contributed by atoms with Gasteiger partial charge in [-0.1, -0.05) is 0 Å². The third kappa shape index (κ3) is 2.38. The van der Waals surface area contributed by atoms with Crippen molar-refractivity contribution in [1.29, 1.82) is 0 Å². The van der Waals surface area contributed by atoms with Gasteiger partial charge in [0.1, 0.15) is 6.10 Å². The molecule has 2 atom stereocenters. The van der Waals surface area contributed by atoms with Crippen molar-refractivity contribution in [3.8, 4) is 0 Å². The van der Waals surface area contributed by atoms with Gasteiger partial charge in [-0.3, -0.25) is 0 Å². The number of carbonyl (C=O) groups excluding carboxylic acids is 1. The van der Waals surface area contributed by atoms with E-state index in [-0.39, 0.29) is 12.1 Å². The normalized spacial score (nSPS) is 30.0. The summed E-state index contributed by atoms with van der Waals surface area (Å²) in [5, 5.41) is 0. The molecular weight excluding hydrogens is 146 g/mol. The second-order valence-corrected chi connectivity index (χ2v) is 2.77. The van der Waals surface area contributed by atoms with Crippen LogP contribution in [0.1, 0.15) is 19.3 Å². The molecule has 4 nitrogen and oxygen atoms in total. The molecule has 11 heavy (non-hydrogen) atoms. The van der Waals surface area contributed by atoms with Gasteiger partial charge in [-0.15, -0.1) is 0 Å². The largest absolute Gasteiger partial charge is 0.508 e. The molecule has 0 aliphatic heterocycles. The Hall–Kier alpha value is -0.770. The van der Waals surface area contributed by atoms with Crippen LogP contribution in [-0.2, 0) is 9.47 Å². The van der Waals surface area contributed by atoms with Gasteiger partial charge in [-0.2, -0.15) is 0 Å². The zero-order valence-corrected chi connectivity index (χ0v) is 6.58. The maximum absolute atomic E-state index is 10.6. The van der Waals surface area contributed by atoms with E-state index in [2.05, 4.69) is 4.74 Å². The van der Waals surface area contributed by atoms with Gasteiger partial charge in [0.2, 0.25) is 0 Å². The zero-order chi connectivity index (χ0) is 8.27. The lowest BCUT2D eigenvalue weighted by atomic mass is 10.3. The van der Waals surface area contributed by atoms with E-state index in [4.69, 9.17) is 10.5 Å². The van der Waals surface area contributed by atoms with E-state index >= 15 is 0 Å². The molecule has 0 heterocycles. The average Bonchev–Trinajstić information content (AvgIpc) is 2.35. The monoisotopic (exact) mass is 159 g/mol. The lowest BCUT2D eigenvalue weighted by Gasteiger charge is -2.09. The zero-order valence-electron chi connectivity index (χ0n) is 6.58. The molecular formula is C7H13NO3. The Kier molecular flexibility index (Phi) is 2.70. The Morgan fingerprint density at radius 1 is 1.55 bits per heavy atom. The summed E-state index contributed by atoms with van der Waals surface area (Å²) in [7, 11) is 1.30. The van der Waals surface area contributed by atoms with Crippen LogP contribution >= 0.6 is 0 Å². The first-order valence-electron chi connectivity index (χ1n) is 3.72. The average molecular weight is 159 g/mol. The van der Waals surface area contributed by atoms with Gasteiger partial charge in [0.05, 0.1) is 7.11 Å². The van der Waals surface area contributed by atoms with Gasteiger partial charge in [0.25, 0.3) is 0 Å². The molecule has 0 aromatic carbocycles. The predicted molar refractivity (Wildman–Crippen MR) is 39.1 cm³/mol. The summed E-state index contributed by atoms with van der Waals surface area (Å²) < 4.78 is 9.24. The van der Waals surface area contributed by atoms with E-state index in [0.29, 0.717) is 0 Å². The molecule has 1 aliphatic carbocycles. The lowest BCUT2D eigenvalue weighted by Crippen LogP contribution is -2.19. The minimum absolute atomic E-state index is 0.0301. The van der Waals surface area contributed by atoms with Crippen molar-refractivity contribution in [3.05, 3.63) is 0 Å². The fourth-order valence-electron chi connectivity index (χ4n) is 1.26. The van der Waals surface area contributed by atoms with Gasteiger partial charge in [-0.25, -0.2) is 4.79 Å². The molecule has 0 spiro atoms. The maximum Gasteiger partial charge on any atom is 0.508 e. The van der Waals surface area contributed by atoms with Crippen molar-refractivity contribution in [1.82, 2.24) is 0 Å². The summed E-state index contributed by atoms with van der Waals surface area (Å²) in [6.45, 7) is 0. The van der Waals surface area contributed by atoms with Gasteiger partial charge in [0.15, 0.2) is 0 Å². The summed E-state index contributed by atoms with van der Waals surface area (Å²) >= 11 is 0. The molecule has 0 aromatic heterocycles. The highest BCUT2D eigenvalue weighted by Crippen LogP contribution is 2.20. The van der Waals surface area contributed by atoms with Crippen LogP contribution in [0.2, 0.25) is 0 Å². The van der Waals surface area contributed by atoms with Gasteiger partial charge in [0, 0.05) is 6.04 Å². The second kappa shape index (κ2) is 3.57. The molecule has 1 aliphatic rings. The molecule has 2 unspecified atom stereocenters. The molecule has 64 valence electrons. The van der Waals surface area contributed by atoms with Crippen molar-refractivity contribution in [2.45, 2.75) is 31.4 Å². The molecule has 2 N–H and O–H groups in total. The Labute approximate surface area is 65.7 Å². The number of methoxy groups -OCH3 is 1. The lowest BCUT2D eigenvalue weighted by molar-refractivity contribution is 0.0392. The first-order valence-corrected chi connectivity index (χ1v) is 3.72. The van der Waals surface area contributed by atoms with E-state index in [1.54, 1.807) is 0 Å². The van der Waals surface area contributed by atoms with Crippen LogP contribution in [-0.4, -0.2) is 25.4 Å². The van der Waals surface area contributed by atoms with Crippen LogP contribution in [0.15, 0.2) is 0 Å². The molecule has 1 fully saturated rings. The number of carbonyl (C=O) groups is 1. The molecule has 1 saturated carbocycles. The summed E-state index contributed by atoms with van der Waals surface area (Å²) in [5.74, 6) is 0. The molecule has 0 aromatic rings. The summed E-state index contributed by atoms with van der Waals surface area (Å²) in [6, 6.07) is 0.185. The van der Waals surface area contributed by atoms with Crippen LogP contribution in [0.3, 0.4) is 0 Å². The van der Waals surface area contributed by atoms with E-state index in [1.165, 1.54) is 7.11 Å². The highest BCUT2D eigenvalue weighted by molar-refractivity contribution is 5.59. The van der Waals surface area contributed by atoms with Gasteiger partial charge >= 0.3 is 6.16 Å². The summed E-state index contributed by atoms with van der Waals surface area (Å²) in [4.78, 5) is 10.6. The Morgan fingerprint density at radius 3 is 2.73 bits per heavy atom. The second-order valence-electron chi connectivity index (χ2n) is 2.77. The first kappa shape index (κ1) is 8.33. The number of nitrogens with two attached hydrogens (primary N) is 1. The van der Waals surface area contributed by atoms with Crippen LogP contribution in [0.5, 0.6) is 0 Å². The summed E-state index contributed by atoms with van der Waals surface area (Å²) in [5.41, 5.74) is 5.61. The number of ether oxygens (including phenoxy) is 2. The molecule has 0 saturated heterocycles. The SMILES string of the molecule is COC(=O)OC1CCC(N)C1. The topological polar surface area (TPSA) is 61.5 Å². The van der Waals surface area contributed by atoms with Crippen LogP contribution in [0, 0.1) is 0 Å². The van der Waals surface area contributed by atoms with Crippen molar-refractivity contribution in [2.24, 2.45) is 5.73 Å². The van der Waals surface area contributed by atoms with Crippen LogP contribution < -0.4 is 5.73 Å². The minimum Gasteiger partial charge on any atom is -0.438 e. The van der Waals surface area contributed by atoms with E-state index in [1.807, 2.05) is 0 Å². The van der Waals surface area contributed by atoms with Crippen molar-refractivity contribution < 1.29 is 14.3 Å². The molecule has 0 bridgehead atoms.